The van der Waals surface area contributed by atoms with E-state index in [1.54, 1.807) is 9.65 Å². The molecular weight excluding hydrogens is 325 g/mol. The number of rotatable bonds is 2. The summed E-state index contributed by atoms with van der Waals surface area (Å²) in [5.41, 5.74) is 3.88. The zero-order valence-electron chi connectivity index (χ0n) is 12.3. The first-order valence-electron chi connectivity index (χ1n) is 6.98. The maximum absolute atomic E-state index is 2.45. The van der Waals surface area contributed by atoms with Crippen molar-refractivity contribution in [2.75, 3.05) is 5.44 Å². The SMILES string of the molecule is C[Si](C)(C)c1cccc2c1[Se]C[N+](c1ccccc1)=C2. The van der Waals surface area contributed by atoms with Crippen LogP contribution in [0.4, 0.5) is 5.69 Å². The molecule has 0 N–H and O–H groups in total. The Morgan fingerprint density at radius 3 is 2.40 bits per heavy atom. The van der Waals surface area contributed by atoms with Crippen molar-refractivity contribution in [3.8, 4) is 0 Å². The molecule has 2 aromatic carbocycles. The van der Waals surface area contributed by atoms with Crippen LogP contribution in [0.15, 0.2) is 48.5 Å². The predicted molar refractivity (Wildman–Crippen MR) is 91.2 cm³/mol. The molecule has 0 amide bonds. The molecule has 0 saturated heterocycles. The quantitative estimate of drug-likeness (QED) is 0.580. The number of nitrogens with zero attached hydrogens (tertiary/aromatic N) is 1. The van der Waals surface area contributed by atoms with Gasteiger partial charge >= 0.3 is 128 Å². The summed E-state index contributed by atoms with van der Waals surface area (Å²) < 4.78 is 4.04. The molecule has 2 aromatic rings. The summed E-state index contributed by atoms with van der Waals surface area (Å²) in [5.74, 6) is 0. The van der Waals surface area contributed by atoms with Crippen LogP contribution < -0.4 is 9.65 Å². The van der Waals surface area contributed by atoms with Crippen LogP contribution in [0.25, 0.3) is 0 Å². The number of para-hydroxylation sites is 1. The molecule has 3 rings (SSSR count). The van der Waals surface area contributed by atoms with Gasteiger partial charge in [-0.2, -0.15) is 0 Å². The molecule has 3 heteroatoms. The molecule has 0 spiro atoms. The predicted octanol–water partition coefficient (Wildman–Crippen LogP) is 2.30. The van der Waals surface area contributed by atoms with Gasteiger partial charge in [-0.05, 0) is 0 Å². The third-order valence-corrected chi connectivity index (χ3v) is 8.44. The molecule has 0 unspecified atom stereocenters. The third kappa shape index (κ3) is 2.66. The Morgan fingerprint density at radius 1 is 0.950 bits per heavy atom. The topological polar surface area (TPSA) is 3.01 Å². The van der Waals surface area contributed by atoms with Crippen LogP contribution in [0.2, 0.25) is 19.6 Å². The summed E-state index contributed by atoms with van der Waals surface area (Å²) in [5, 5.41) is 1.65. The molecule has 1 aliphatic rings. The molecule has 1 aliphatic heterocycles. The molecule has 0 fully saturated rings. The van der Waals surface area contributed by atoms with Crippen molar-refractivity contribution in [1.29, 1.82) is 0 Å². The van der Waals surface area contributed by atoms with E-state index in [9.17, 15) is 0 Å². The van der Waals surface area contributed by atoms with E-state index in [4.69, 9.17) is 0 Å². The zero-order valence-corrected chi connectivity index (χ0v) is 15.0. The van der Waals surface area contributed by atoms with Crippen LogP contribution in [-0.2, 0) is 0 Å². The summed E-state index contributed by atoms with van der Waals surface area (Å²) in [6.07, 6.45) is 2.33. The Bertz CT molecular complexity index is 656. The van der Waals surface area contributed by atoms with E-state index < -0.39 is 8.07 Å². The Labute approximate surface area is 128 Å². The van der Waals surface area contributed by atoms with Gasteiger partial charge in [0, 0.05) is 0 Å². The monoisotopic (exact) mass is 346 g/mol. The number of benzene rings is 2. The van der Waals surface area contributed by atoms with Gasteiger partial charge in [-0.1, -0.05) is 0 Å². The normalized spacial score (nSPS) is 14.7. The van der Waals surface area contributed by atoms with Crippen molar-refractivity contribution >= 4 is 44.6 Å². The Hall–Kier alpha value is -1.15. The molecule has 1 nitrogen and oxygen atoms in total. The summed E-state index contributed by atoms with van der Waals surface area (Å²) >= 11 is 0.538. The van der Waals surface area contributed by atoms with Crippen molar-refractivity contribution in [1.82, 2.24) is 0 Å². The van der Waals surface area contributed by atoms with E-state index in [0.29, 0.717) is 15.0 Å². The van der Waals surface area contributed by atoms with E-state index in [1.165, 1.54) is 11.3 Å². The van der Waals surface area contributed by atoms with Crippen molar-refractivity contribution in [2.24, 2.45) is 0 Å². The van der Waals surface area contributed by atoms with Crippen molar-refractivity contribution < 1.29 is 4.58 Å². The summed E-state index contributed by atoms with van der Waals surface area (Å²) in [6, 6.07) is 17.6. The summed E-state index contributed by atoms with van der Waals surface area (Å²) in [7, 11) is -1.24. The second-order valence-electron chi connectivity index (χ2n) is 6.18. The minimum absolute atomic E-state index is 0.538. The van der Waals surface area contributed by atoms with Crippen LogP contribution >= 0.6 is 0 Å². The van der Waals surface area contributed by atoms with E-state index in [2.05, 4.69) is 79.0 Å². The van der Waals surface area contributed by atoms with E-state index >= 15 is 0 Å². The van der Waals surface area contributed by atoms with E-state index in [0.717, 1.165) is 5.44 Å². The van der Waals surface area contributed by atoms with Crippen LogP contribution in [0, 0.1) is 0 Å². The number of fused-ring (bicyclic) bond motifs is 1. The molecular formula is C17H20NSeSi+. The summed E-state index contributed by atoms with van der Waals surface area (Å²) in [4.78, 5) is 0. The molecule has 0 radical (unpaired) electrons. The average Bonchev–Trinajstić information content (AvgIpc) is 2.46. The minimum atomic E-state index is -1.24. The average molecular weight is 345 g/mol. The maximum atomic E-state index is 2.45. The first-order valence-corrected chi connectivity index (χ1v) is 12.6. The van der Waals surface area contributed by atoms with Gasteiger partial charge in [0.05, 0.1) is 0 Å². The Morgan fingerprint density at radius 2 is 1.70 bits per heavy atom. The van der Waals surface area contributed by atoms with Crippen molar-refractivity contribution in [3.05, 3.63) is 54.1 Å². The molecule has 0 saturated carbocycles. The first-order chi connectivity index (χ1) is 9.55. The van der Waals surface area contributed by atoms with Gasteiger partial charge in [-0.25, -0.2) is 0 Å². The molecule has 102 valence electrons. The van der Waals surface area contributed by atoms with Crippen LogP contribution in [0.3, 0.4) is 0 Å². The molecule has 0 aromatic heterocycles. The van der Waals surface area contributed by atoms with Crippen LogP contribution in [0.5, 0.6) is 0 Å². The van der Waals surface area contributed by atoms with Crippen LogP contribution in [0.1, 0.15) is 5.56 Å². The van der Waals surface area contributed by atoms with Crippen molar-refractivity contribution in [2.45, 2.75) is 19.6 Å². The Balaban J connectivity index is 2.07. The van der Waals surface area contributed by atoms with Gasteiger partial charge in [0.25, 0.3) is 0 Å². The third-order valence-electron chi connectivity index (χ3n) is 3.58. The van der Waals surface area contributed by atoms with Gasteiger partial charge in [0.2, 0.25) is 0 Å². The van der Waals surface area contributed by atoms with Gasteiger partial charge < -0.3 is 0 Å². The zero-order chi connectivity index (χ0) is 14.2. The van der Waals surface area contributed by atoms with Gasteiger partial charge in [-0.15, -0.1) is 0 Å². The fraction of sp³-hybridized carbons (Fsp3) is 0.235. The molecule has 0 aliphatic carbocycles. The fourth-order valence-electron chi connectivity index (χ4n) is 2.52. The summed E-state index contributed by atoms with van der Waals surface area (Å²) in [6.45, 7) is 7.34. The molecule has 20 heavy (non-hydrogen) atoms. The van der Waals surface area contributed by atoms with Crippen molar-refractivity contribution in [3.63, 3.8) is 0 Å². The first kappa shape index (κ1) is 13.8. The number of hydrogen-bond donors (Lipinski definition) is 0. The van der Waals surface area contributed by atoms with Gasteiger partial charge in [0.15, 0.2) is 0 Å². The van der Waals surface area contributed by atoms with Gasteiger partial charge in [0.1, 0.15) is 0 Å². The molecule has 0 bridgehead atoms. The van der Waals surface area contributed by atoms with Crippen LogP contribution in [-0.4, -0.2) is 39.3 Å². The molecule has 1 heterocycles. The Kier molecular flexibility index (Phi) is 3.68. The van der Waals surface area contributed by atoms with Gasteiger partial charge in [-0.3, -0.25) is 0 Å². The fourth-order valence-corrected chi connectivity index (χ4v) is 8.34. The number of hydrogen-bond acceptors (Lipinski definition) is 0. The standard InChI is InChI=1S/C17H20NSeSi/c1-20(2,3)16-11-7-8-14-12-18(13-19-17(14)16)15-9-5-4-6-10-15/h4-12H,13H2,1-3H3/q+1. The van der Waals surface area contributed by atoms with E-state index in [-0.39, 0.29) is 0 Å². The van der Waals surface area contributed by atoms with E-state index in [1.807, 2.05) is 0 Å². The second-order valence-corrected chi connectivity index (χ2v) is 13.2. The second kappa shape index (κ2) is 5.32. The molecule has 0 atom stereocenters.